The second-order valence-corrected chi connectivity index (χ2v) is 5.56. The number of aliphatic carboxylic acids is 1. The quantitative estimate of drug-likeness (QED) is 0.605. The lowest BCUT2D eigenvalue weighted by molar-refractivity contribution is -0.147. The third-order valence-corrected chi connectivity index (χ3v) is 3.74. The number of carbonyl (C=O) groups is 2. The van der Waals surface area contributed by atoms with E-state index >= 15 is 0 Å². The Hall–Kier alpha value is -1.30. The maximum atomic E-state index is 11.6. The summed E-state index contributed by atoms with van der Waals surface area (Å²) in [6, 6.07) is 0. The Kier molecular flexibility index (Phi) is 8.82. The first kappa shape index (κ1) is 17.8. The van der Waals surface area contributed by atoms with Gasteiger partial charge < -0.3 is 20.1 Å². The fourth-order valence-electron chi connectivity index (χ4n) is 2.48. The van der Waals surface area contributed by atoms with Crippen molar-refractivity contribution in [3.63, 3.8) is 0 Å². The Morgan fingerprint density at radius 3 is 2.57 bits per heavy atom. The molecule has 1 aliphatic heterocycles. The number of alkyl carbamates (subject to hydrolysis) is 1. The van der Waals surface area contributed by atoms with Crippen LogP contribution in [0, 0.1) is 0 Å². The zero-order valence-electron chi connectivity index (χ0n) is 13.0. The molecule has 0 aromatic heterocycles. The number of ether oxygens (including phenoxy) is 1. The van der Waals surface area contributed by atoms with E-state index in [9.17, 15) is 9.59 Å². The second-order valence-electron chi connectivity index (χ2n) is 5.56. The molecule has 1 amide bonds. The predicted molar refractivity (Wildman–Crippen MR) is 80.3 cm³/mol. The maximum Gasteiger partial charge on any atom is 0.408 e. The molecule has 1 heterocycles. The number of nitrogens with one attached hydrogen (secondary N) is 1. The summed E-state index contributed by atoms with van der Waals surface area (Å²) >= 11 is 0. The van der Waals surface area contributed by atoms with E-state index in [4.69, 9.17) is 9.84 Å². The van der Waals surface area contributed by atoms with Crippen molar-refractivity contribution in [2.45, 2.75) is 58.0 Å². The topological polar surface area (TPSA) is 78.9 Å². The Morgan fingerprint density at radius 2 is 1.95 bits per heavy atom. The summed E-state index contributed by atoms with van der Waals surface area (Å²) in [4.78, 5) is 25.0. The van der Waals surface area contributed by atoms with Gasteiger partial charge in [0, 0.05) is 13.1 Å². The molecule has 122 valence electrons. The van der Waals surface area contributed by atoms with Crippen molar-refractivity contribution in [3.05, 3.63) is 0 Å². The lowest BCUT2D eigenvalue weighted by atomic mass is 10.1. The number of likely N-dealkylation sites (tertiary alicyclic amines) is 1. The molecule has 0 radical (unpaired) electrons. The van der Waals surface area contributed by atoms with Crippen LogP contribution >= 0.6 is 0 Å². The smallest absolute Gasteiger partial charge is 0.408 e. The van der Waals surface area contributed by atoms with Crippen molar-refractivity contribution in [1.29, 1.82) is 0 Å². The molecule has 1 aliphatic rings. The number of hydrogen-bond donors (Lipinski definition) is 2. The average molecular weight is 300 g/mol. The number of rotatable bonds is 10. The standard InChI is InChI=1S/C15H28N2O4/c1-2-3-4-5-8-13(14(18)19)21-15(20)16-9-12-17-10-6-7-11-17/h13H,2-12H2,1H3,(H,16,20)(H,18,19). The lowest BCUT2D eigenvalue weighted by Crippen LogP contribution is -2.37. The summed E-state index contributed by atoms with van der Waals surface area (Å²) in [5, 5.41) is 11.7. The van der Waals surface area contributed by atoms with Crippen molar-refractivity contribution in [2.24, 2.45) is 0 Å². The molecule has 1 saturated heterocycles. The van der Waals surface area contributed by atoms with Crippen LogP contribution in [0.3, 0.4) is 0 Å². The van der Waals surface area contributed by atoms with E-state index in [0.29, 0.717) is 13.0 Å². The average Bonchev–Trinajstić information content (AvgIpc) is 2.95. The van der Waals surface area contributed by atoms with Crippen LogP contribution in [-0.2, 0) is 9.53 Å². The molecule has 6 nitrogen and oxygen atoms in total. The highest BCUT2D eigenvalue weighted by Crippen LogP contribution is 2.09. The Balaban J connectivity index is 2.16. The van der Waals surface area contributed by atoms with Gasteiger partial charge in [-0.25, -0.2) is 9.59 Å². The van der Waals surface area contributed by atoms with Crippen LogP contribution in [0.4, 0.5) is 4.79 Å². The van der Waals surface area contributed by atoms with Crippen molar-refractivity contribution < 1.29 is 19.4 Å². The Labute approximate surface area is 126 Å². The van der Waals surface area contributed by atoms with E-state index in [1.807, 2.05) is 0 Å². The van der Waals surface area contributed by atoms with Gasteiger partial charge in [-0.1, -0.05) is 26.2 Å². The first-order chi connectivity index (χ1) is 10.1. The van der Waals surface area contributed by atoms with Gasteiger partial charge in [-0.2, -0.15) is 0 Å². The molecule has 0 bridgehead atoms. The third kappa shape index (κ3) is 7.90. The van der Waals surface area contributed by atoms with E-state index in [0.717, 1.165) is 45.3 Å². The number of carboxylic acids is 1. The van der Waals surface area contributed by atoms with E-state index in [1.165, 1.54) is 12.8 Å². The van der Waals surface area contributed by atoms with Crippen LogP contribution in [-0.4, -0.2) is 54.4 Å². The van der Waals surface area contributed by atoms with Gasteiger partial charge in [0.25, 0.3) is 0 Å². The van der Waals surface area contributed by atoms with Crippen molar-refractivity contribution >= 4 is 12.1 Å². The normalized spacial score (nSPS) is 16.6. The summed E-state index contributed by atoms with van der Waals surface area (Å²) in [5.74, 6) is -1.07. The molecular weight excluding hydrogens is 272 g/mol. The molecule has 1 rings (SSSR count). The zero-order valence-corrected chi connectivity index (χ0v) is 13.0. The largest absolute Gasteiger partial charge is 0.479 e. The first-order valence-electron chi connectivity index (χ1n) is 8.03. The molecule has 1 unspecified atom stereocenters. The highest BCUT2D eigenvalue weighted by Gasteiger charge is 2.21. The number of carbonyl (C=O) groups excluding carboxylic acids is 1. The zero-order chi connectivity index (χ0) is 15.5. The van der Waals surface area contributed by atoms with Crippen molar-refractivity contribution in [3.8, 4) is 0 Å². The molecule has 0 aromatic rings. The number of carboxylic acid groups (broad SMARTS) is 1. The number of unbranched alkanes of at least 4 members (excludes halogenated alkanes) is 3. The summed E-state index contributed by atoms with van der Waals surface area (Å²) in [5.41, 5.74) is 0. The number of hydrogen-bond acceptors (Lipinski definition) is 4. The lowest BCUT2D eigenvalue weighted by Gasteiger charge is -2.17. The van der Waals surface area contributed by atoms with Crippen molar-refractivity contribution in [1.82, 2.24) is 10.2 Å². The van der Waals surface area contributed by atoms with Gasteiger partial charge >= 0.3 is 12.1 Å². The van der Waals surface area contributed by atoms with Crippen LogP contribution in [0.25, 0.3) is 0 Å². The van der Waals surface area contributed by atoms with E-state index < -0.39 is 18.2 Å². The minimum Gasteiger partial charge on any atom is -0.479 e. The summed E-state index contributed by atoms with van der Waals surface area (Å²) < 4.78 is 4.99. The van der Waals surface area contributed by atoms with Gasteiger partial charge in [0.1, 0.15) is 0 Å². The van der Waals surface area contributed by atoms with Crippen LogP contribution in [0.5, 0.6) is 0 Å². The first-order valence-corrected chi connectivity index (χ1v) is 8.03. The summed E-state index contributed by atoms with van der Waals surface area (Å²) in [6.45, 7) is 5.54. The summed E-state index contributed by atoms with van der Waals surface area (Å²) in [7, 11) is 0. The van der Waals surface area contributed by atoms with Gasteiger partial charge in [0.05, 0.1) is 0 Å². The van der Waals surface area contributed by atoms with E-state index in [1.54, 1.807) is 0 Å². The number of amides is 1. The fourth-order valence-corrected chi connectivity index (χ4v) is 2.48. The second kappa shape index (κ2) is 10.4. The monoisotopic (exact) mass is 300 g/mol. The third-order valence-electron chi connectivity index (χ3n) is 3.74. The van der Waals surface area contributed by atoms with Crippen LogP contribution in [0.1, 0.15) is 51.9 Å². The van der Waals surface area contributed by atoms with Crippen molar-refractivity contribution in [2.75, 3.05) is 26.2 Å². The molecule has 1 atom stereocenters. The molecule has 6 heteroatoms. The molecule has 0 aliphatic carbocycles. The Bertz CT molecular complexity index is 317. The van der Waals surface area contributed by atoms with Crippen LogP contribution in [0.2, 0.25) is 0 Å². The van der Waals surface area contributed by atoms with Gasteiger partial charge in [-0.15, -0.1) is 0 Å². The molecule has 1 fully saturated rings. The Morgan fingerprint density at radius 1 is 1.24 bits per heavy atom. The van der Waals surface area contributed by atoms with Gasteiger partial charge in [-0.3, -0.25) is 0 Å². The highest BCUT2D eigenvalue weighted by atomic mass is 16.6. The maximum absolute atomic E-state index is 11.6. The molecule has 0 saturated carbocycles. The van der Waals surface area contributed by atoms with Gasteiger partial charge in [0.15, 0.2) is 0 Å². The van der Waals surface area contributed by atoms with Gasteiger partial charge in [0.2, 0.25) is 6.10 Å². The van der Waals surface area contributed by atoms with Gasteiger partial charge in [-0.05, 0) is 38.8 Å². The highest BCUT2D eigenvalue weighted by molar-refractivity contribution is 5.77. The predicted octanol–water partition coefficient (Wildman–Crippen LogP) is 2.23. The number of nitrogens with zero attached hydrogens (tertiary/aromatic N) is 1. The van der Waals surface area contributed by atoms with E-state index in [2.05, 4.69) is 17.1 Å². The minimum atomic E-state index is -1.07. The molecule has 21 heavy (non-hydrogen) atoms. The van der Waals surface area contributed by atoms with Crippen LogP contribution in [0.15, 0.2) is 0 Å². The summed E-state index contributed by atoms with van der Waals surface area (Å²) in [6.07, 6.45) is 5.06. The fraction of sp³-hybridized carbons (Fsp3) is 0.867. The molecular formula is C15H28N2O4. The molecule has 0 aromatic carbocycles. The molecule has 2 N–H and O–H groups in total. The minimum absolute atomic E-state index is 0.384. The van der Waals surface area contributed by atoms with Crippen LogP contribution < -0.4 is 5.32 Å². The SMILES string of the molecule is CCCCCCC(OC(=O)NCCN1CCCC1)C(=O)O. The van der Waals surface area contributed by atoms with E-state index in [-0.39, 0.29) is 0 Å². The molecule has 0 spiro atoms.